The standard InChI is InChI=1S/C25H32Cl2N4O2/c1-17(2)24(32)29-20-6-3-5-19(15-20)18-9-13-31(14-10-18)12-4-11-28-25(33)30-21-7-8-22(26)23(27)16-21/h3,5-8,15-18H,4,9-14H2,1-2H3,(H,29,32)(H2,28,30,33). The fourth-order valence-electron chi connectivity index (χ4n) is 3.90. The van der Waals surface area contributed by atoms with Gasteiger partial charge >= 0.3 is 6.03 Å². The van der Waals surface area contributed by atoms with E-state index in [1.807, 2.05) is 26.0 Å². The molecule has 0 atom stereocenters. The number of piperidine rings is 1. The van der Waals surface area contributed by atoms with Gasteiger partial charge in [0.25, 0.3) is 0 Å². The summed E-state index contributed by atoms with van der Waals surface area (Å²) in [6, 6.07) is 13.0. The van der Waals surface area contributed by atoms with Gasteiger partial charge in [0.2, 0.25) is 5.91 Å². The van der Waals surface area contributed by atoms with Gasteiger partial charge in [-0.05, 0) is 80.7 Å². The molecule has 178 valence electrons. The molecule has 1 aliphatic heterocycles. The van der Waals surface area contributed by atoms with Gasteiger partial charge in [0.15, 0.2) is 0 Å². The molecule has 3 amide bonds. The van der Waals surface area contributed by atoms with Crippen LogP contribution in [-0.2, 0) is 4.79 Å². The zero-order chi connectivity index (χ0) is 23.8. The van der Waals surface area contributed by atoms with E-state index in [4.69, 9.17) is 23.2 Å². The Morgan fingerprint density at radius 2 is 1.73 bits per heavy atom. The van der Waals surface area contributed by atoms with Gasteiger partial charge in [-0.3, -0.25) is 4.79 Å². The number of hydrogen-bond acceptors (Lipinski definition) is 3. The van der Waals surface area contributed by atoms with Gasteiger partial charge in [-0.2, -0.15) is 0 Å². The maximum Gasteiger partial charge on any atom is 0.319 e. The summed E-state index contributed by atoms with van der Waals surface area (Å²) in [5.41, 5.74) is 2.77. The smallest absolute Gasteiger partial charge is 0.319 e. The quantitative estimate of drug-likeness (QED) is 0.398. The Morgan fingerprint density at radius 1 is 1.00 bits per heavy atom. The number of likely N-dealkylation sites (tertiary alicyclic amines) is 1. The maximum absolute atomic E-state index is 12.1. The number of benzene rings is 2. The van der Waals surface area contributed by atoms with Crippen LogP contribution in [0, 0.1) is 5.92 Å². The monoisotopic (exact) mass is 490 g/mol. The maximum atomic E-state index is 12.1. The minimum atomic E-state index is -0.253. The average molecular weight is 491 g/mol. The van der Waals surface area contributed by atoms with Crippen molar-refractivity contribution in [3.8, 4) is 0 Å². The fourth-order valence-corrected chi connectivity index (χ4v) is 4.20. The van der Waals surface area contributed by atoms with Crippen molar-refractivity contribution in [3.05, 3.63) is 58.1 Å². The van der Waals surface area contributed by atoms with Gasteiger partial charge in [-0.15, -0.1) is 0 Å². The lowest BCUT2D eigenvalue weighted by atomic mass is 9.89. The first kappa shape index (κ1) is 25.3. The van der Waals surface area contributed by atoms with Crippen LogP contribution in [0.1, 0.15) is 44.6 Å². The van der Waals surface area contributed by atoms with Crippen LogP contribution >= 0.6 is 23.2 Å². The van der Waals surface area contributed by atoms with E-state index in [-0.39, 0.29) is 17.9 Å². The second-order valence-electron chi connectivity index (χ2n) is 8.75. The summed E-state index contributed by atoms with van der Waals surface area (Å²) in [6.45, 7) is 7.40. The molecule has 1 heterocycles. The number of amides is 3. The highest BCUT2D eigenvalue weighted by molar-refractivity contribution is 6.42. The van der Waals surface area contributed by atoms with Crippen molar-refractivity contribution in [3.63, 3.8) is 0 Å². The Bertz CT molecular complexity index is 959. The van der Waals surface area contributed by atoms with E-state index in [1.54, 1.807) is 18.2 Å². The molecule has 0 spiro atoms. The third-order valence-electron chi connectivity index (χ3n) is 5.85. The van der Waals surface area contributed by atoms with E-state index in [1.165, 1.54) is 5.56 Å². The number of anilines is 2. The molecule has 0 saturated carbocycles. The van der Waals surface area contributed by atoms with Crippen LogP contribution in [0.25, 0.3) is 0 Å². The Hall–Kier alpha value is -2.28. The molecule has 6 nitrogen and oxygen atoms in total. The van der Waals surface area contributed by atoms with Gasteiger partial charge in [-0.1, -0.05) is 49.2 Å². The van der Waals surface area contributed by atoms with Crippen molar-refractivity contribution in [2.75, 3.05) is 36.8 Å². The number of carbonyl (C=O) groups excluding carboxylic acids is 2. The lowest BCUT2D eigenvalue weighted by Gasteiger charge is -2.32. The highest BCUT2D eigenvalue weighted by atomic mass is 35.5. The lowest BCUT2D eigenvalue weighted by molar-refractivity contribution is -0.118. The largest absolute Gasteiger partial charge is 0.338 e. The van der Waals surface area contributed by atoms with Crippen molar-refractivity contribution in [2.45, 2.75) is 39.0 Å². The van der Waals surface area contributed by atoms with Crippen LogP contribution in [-0.4, -0.2) is 43.0 Å². The molecular weight excluding hydrogens is 459 g/mol. The van der Waals surface area contributed by atoms with E-state index in [0.29, 0.717) is 28.2 Å². The summed E-state index contributed by atoms with van der Waals surface area (Å²) in [4.78, 5) is 26.5. The molecule has 1 saturated heterocycles. The summed E-state index contributed by atoms with van der Waals surface area (Å²) < 4.78 is 0. The first-order valence-corrected chi connectivity index (χ1v) is 12.2. The molecule has 0 aromatic heterocycles. The van der Waals surface area contributed by atoms with E-state index >= 15 is 0 Å². The van der Waals surface area contributed by atoms with Crippen LogP contribution in [0.2, 0.25) is 10.0 Å². The third kappa shape index (κ3) is 7.91. The van der Waals surface area contributed by atoms with Gasteiger partial charge in [0, 0.05) is 23.8 Å². The second kappa shape index (κ2) is 12.3. The SMILES string of the molecule is CC(C)C(=O)Nc1cccc(C2CCN(CCCNC(=O)Nc3ccc(Cl)c(Cl)c3)CC2)c1. The highest BCUT2D eigenvalue weighted by Crippen LogP contribution is 2.29. The molecule has 2 aromatic carbocycles. The fraction of sp³-hybridized carbons (Fsp3) is 0.440. The molecule has 0 bridgehead atoms. The normalized spacial score (nSPS) is 14.8. The minimum Gasteiger partial charge on any atom is -0.338 e. The van der Waals surface area contributed by atoms with Crippen molar-refractivity contribution in [1.82, 2.24) is 10.2 Å². The number of halogens is 2. The van der Waals surface area contributed by atoms with Crippen molar-refractivity contribution >= 4 is 46.5 Å². The summed E-state index contributed by atoms with van der Waals surface area (Å²) in [6.07, 6.45) is 3.07. The average Bonchev–Trinajstić information content (AvgIpc) is 2.80. The summed E-state index contributed by atoms with van der Waals surface area (Å²) in [5.74, 6) is 0.516. The van der Waals surface area contributed by atoms with E-state index in [2.05, 4.69) is 33.0 Å². The molecular formula is C25H32Cl2N4O2. The Kier molecular flexibility index (Phi) is 9.41. The van der Waals surface area contributed by atoms with Gasteiger partial charge in [0.1, 0.15) is 0 Å². The number of carbonyl (C=O) groups is 2. The molecule has 2 aromatic rings. The van der Waals surface area contributed by atoms with Gasteiger partial charge in [0.05, 0.1) is 10.0 Å². The lowest BCUT2D eigenvalue weighted by Crippen LogP contribution is -2.36. The molecule has 1 aliphatic rings. The predicted octanol–water partition coefficient (Wildman–Crippen LogP) is 5.98. The van der Waals surface area contributed by atoms with Crippen LogP contribution in [0.15, 0.2) is 42.5 Å². The summed E-state index contributed by atoms with van der Waals surface area (Å²) >= 11 is 11.9. The first-order valence-electron chi connectivity index (χ1n) is 11.4. The number of nitrogens with one attached hydrogen (secondary N) is 3. The second-order valence-corrected chi connectivity index (χ2v) is 9.56. The third-order valence-corrected chi connectivity index (χ3v) is 6.59. The van der Waals surface area contributed by atoms with Crippen molar-refractivity contribution in [1.29, 1.82) is 0 Å². The number of rotatable bonds is 8. The Morgan fingerprint density at radius 3 is 2.42 bits per heavy atom. The molecule has 0 unspecified atom stereocenters. The molecule has 3 rings (SSSR count). The topological polar surface area (TPSA) is 73.5 Å². The van der Waals surface area contributed by atoms with Crippen LogP contribution in [0.3, 0.4) is 0 Å². The van der Waals surface area contributed by atoms with Crippen molar-refractivity contribution in [2.24, 2.45) is 5.92 Å². The first-order chi connectivity index (χ1) is 15.8. The van der Waals surface area contributed by atoms with E-state index in [9.17, 15) is 9.59 Å². The molecule has 0 aliphatic carbocycles. The zero-order valence-corrected chi connectivity index (χ0v) is 20.7. The summed E-state index contributed by atoms with van der Waals surface area (Å²) in [5, 5.41) is 9.50. The molecule has 3 N–H and O–H groups in total. The van der Waals surface area contributed by atoms with E-state index < -0.39 is 0 Å². The van der Waals surface area contributed by atoms with Gasteiger partial charge < -0.3 is 20.9 Å². The number of hydrogen-bond donors (Lipinski definition) is 3. The van der Waals surface area contributed by atoms with Gasteiger partial charge in [-0.25, -0.2) is 4.79 Å². The van der Waals surface area contributed by atoms with Crippen LogP contribution in [0.4, 0.5) is 16.2 Å². The predicted molar refractivity (Wildman–Crippen MR) is 136 cm³/mol. The molecule has 1 fully saturated rings. The van der Waals surface area contributed by atoms with Crippen molar-refractivity contribution < 1.29 is 9.59 Å². The molecule has 0 radical (unpaired) electrons. The minimum absolute atomic E-state index is 0.0339. The Labute approximate surface area is 206 Å². The number of urea groups is 1. The highest BCUT2D eigenvalue weighted by Gasteiger charge is 2.21. The van der Waals surface area contributed by atoms with E-state index in [0.717, 1.165) is 44.6 Å². The zero-order valence-electron chi connectivity index (χ0n) is 19.2. The number of nitrogens with zero attached hydrogens (tertiary/aromatic N) is 1. The summed E-state index contributed by atoms with van der Waals surface area (Å²) in [7, 11) is 0. The Balaban J connectivity index is 1.35. The van der Waals surface area contributed by atoms with Crippen LogP contribution in [0.5, 0.6) is 0 Å². The molecule has 33 heavy (non-hydrogen) atoms. The molecule has 8 heteroatoms. The van der Waals surface area contributed by atoms with Crippen LogP contribution < -0.4 is 16.0 Å².